The zero-order chi connectivity index (χ0) is 22.3. The number of H-pyrrole nitrogens is 1. The van der Waals surface area contributed by atoms with Gasteiger partial charge in [-0.2, -0.15) is 14.7 Å². The summed E-state index contributed by atoms with van der Waals surface area (Å²) in [6.45, 7) is 4.20. The highest BCUT2D eigenvalue weighted by molar-refractivity contribution is 7.89. The number of aromatic amines is 1. The van der Waals surface area contributed by atoms with E-state index in [4.69, 9.17) is 0 Å². The summed E-state index contributed by atoms with van der Waals surface area (Å²) in [5, 5.41) is 15.1. The lowest BCUT2D eigenvalue weighted by Crippen LogP contribution is -2.60. The predicted molar refractivity (Wildman–Crippen MR) is 119 cm³/mol. The molecule has 1 saturated carbocycles. The van der Waals surface area contributed by atoms with Gasteiger partial charge >= 0.3 is 0 Å². The van der Waals surface area contributed by atoms with Gasteiger partial charge in [-0.1, -0.05) is 0 Å². The summed E-state index contributed by atoms with van der Waals surface area (Å²) in [7, 11) is -3.13. The Morgan fingerprint density at radius 1 is 1.25 bits per heavy atom. The molecule has 0 bridgehead atoms. The molecule has 0 amide bonds. The van der Waals surface area contributed by atoms with E-state index in [0.29, 0.717) is 25.6 Å². The van der Waals surface area contributed by atoms with E-state index in [1.807, 2.05) is 23.1 Å². The summed E-state index contributed by atoms with van der Waals surface area (Å²) < 4.78 is 27.8. The Bertz CT molecular complexity index is 1260. The molecule has 5 rings (SSSR count). The lowest BCUT2D eigenvalue weighted by atomic mass is 9.70. The number of nitriles is 1. The highest BCUT2D eigenvalue weighted by Crippen LogP contribution is 2.45. The molecule has 11 heteroatoms. The minimum absolute atomic E-state index is 0.144. The van der Waals surface area contributed by atoms with Crippen molar-refractivity contribution in [1.82, 2.24) is 33.9 Å². The molecule has 3 aromatic rings. The van der Waals surface area contributed by atoms with Gasteiger partial charge in [0.1, 0.15) is 12.0 Å². The van der Waals surface area contributed by atoms with Crippen molar-refractivity contribution >= 4 is 21.1 Å². The summed E-state index contributed by atoms with van der Waals surface area (Å²) in [6.07, 6.45) is 9.19. The van der Waals surface area contributed by atoms with Crippen molar-refractivity contribution in [2.45, 2.75) is 37.8 Å². The number of piperazine rings is 1. The summed E-state index contributed by atoms with van der Waals surface area (Å²) in [4.78, 5) is 14.1. The predicted octanol–water partition coefficient (Wildman–Crippen LogP) is 1.56. The molecule has 0 atom stereocenters. The number of fused-ring (bicyclic) bond motifs is 1. The molecular formula is C21H26N8O2S. The van der Waals surface area contributed by atoms with Crippen molar-refractivity contribution in [1.29, 1.82) is 5.26 Å². The van der Waals surface area contributed by atoms with Crippen molar-refractivity contribution in [3.63, 3.8) is 0 Å². The Balaban J connectivity index is 1.31. The number of hydrogen-bond donors (Lipinski definition) is 1. The van der Waals surface area contributed by atoms with E-state index in [2.05, 4.69) is 31.0 Å². The summed E-state index contributed by atoms with van der Waals surface area (Å²) in [5.41, 5.74) is 2.16. The van der Waals surface area contributed by atoms with Crippen molar-refractivity contribution in [3.05, 3.63) is 31.0 Å². The van der Waals surface area contributed by atoms with Crippen LogP contribution in [0.25, 0.3) is 22.3 Å². The topological polar surface area (TPSA) is 124 Å². The van der Waals surface area contributed by atoms with Gasteiger partial charge in [-0.15, -0.1) is 0 Å². The van der Waals surface area contributed by atoms with Crippen LogP contribution in [-0.2, 0) is 15.6 Å². The van der Waals surface area contributed by atoms with Crippen LogP contribution in [0.2, 0.25) is 0 Å². The lowest BCUT2D eigenvalue weighted by molar-refractivity contribution is -0.00892. The smallest absolute Gasteiger partial charge is 0.213 e. The lowest BCUT2D eigenvalue weighted by Gasteiger charge is -2.52. The van der Waals surface area contributed by atoms with Gasteiger partial charge < -0.3 is 4.98 Å². The van der Waals surface area contributed by atoms with Crippen LogP contribution in [0.4, 0.5) is 0 Å². The Morgan fingerprint density at radius 3 is 2.75 bits per heavy atom. The first-order valence-electron chi connectivity index (χ1n) is 10.9. The van der Waals surface area contributed by atoms with E-state index in [9.17, 15) is 13.7 Å². The Hall–Kier alpha value is -2.81. The number of rotatable bonds is 6. The fourth-order valence-corrected chi connectivity index (χ4v) is 6.06. The average Bonchev–Trinajstić information content (AvgIpc) is 3.46. The van der Waals surface area contributed by atoms with E-state index < -0.39 is 10.0 Å². The van der Waals surface area contributed by atoms with Crippen LogP contribution in [0.15, 0.2) is 31.0 Å². The molecule has 3 aromatic heterocycles. The molecule has 0 radical (unpaired) electrons. The maximum Gasteiger partial charge on any atom is 0.213 e. The van der Waals surface area contributed by atoms with Gasteiger partial charge in [0.15, 0.2) is 0 Å². The Morgan fingerprint density at radius 2 is 2.03 bits per heavy atom. The number of nitrogens with zero attached hydrogens (tertiary/aromatic N) is 7. The molecule has 0 unspecified atom stereocenters. The molecule has 2 aliphatic rings. The average molecular weight is 455 g/mol. The minimum Gasteiger partial charge on any atom is -0.346 e. The SMILES string of the molecule is CCS(=O)(=O)N1CCN(C2CC(CC#N)(n3cc(-c4ncnc5[nH]ccc45)cn3)C2)CC1. The zero-order valence-electron chi connectivity index (χ0n) is 18.0. The van der Waals surface area contributed by atoms with Crippen molar-refractivity contribution in [3.8, 4) is 17.3 Å². The molecule has 1 aliphatic heterocycles. The highest BCUT2D eigenvalue weighted by Gasteiger charge is 2.49. The second kappa shape index (κ2) is 7.95. The Labute approximate surface area is 186 Å². The normalized spacial score (nSPS) is 24.9. The van der Waals surface area contributed by atoms with Crippen molar-refractivity contribution < 1.29 is 8.42 Å². The molecule has 1 saturated heterocycles. The maximum atomic E-state index is 12.1. The monoisotopic (exact) mass is 454 g/mol. The largest absolute Gasteiger partial charge is 0.346 e. The van der Waals surface area contributed by atoms with Gasteiger partial charge in [0.2, 0.25) is 10.0 Å². The number of aromatic nitrogens is 5. The first-order chi connectivity index (χ1) is 15.5. The molecular weight excluding hydrogens is 428 g/mol. The number of sulfonamides is 1. The molecule has 32 heavy (non-hydrogen) atoms. The van der Waals surface area contributed by atoms with Crippen LogP contribution >= 0.6 is 0 Å². The van der Waals surface area contributed by atoms with E-state index in [1.165, 1.54) is 6.33 Å². The van der Waals surface area contributed by atoms with Crippen molar-refractivity contribution in [2.24, 2.45) is 0 Å². The fourth-order valence-electron chi connectivity index (χ4n) is 4.97. The molecule has 1 N–H and O–H groups in total. The van der Waals surface area contributed by atoms with Crippen LogP contribution in [0.5, 0.6) is 0 Å². The van der Waals surface area contributed by atoms with Gasteiger partial charge in [0, 0.05) is 55.6 Å². The number of hydrogen-bond acceptors (Lipinski definition) is 7. The minimum atomic E-state index is -3.13. The van der Waals surface area contributed by atoms with Gasteiger partial charge in [0.25, 0.3) is 0 Å². The quantitative estimate of drug-likeness (QED) is 0.599. The second-order valence-electron chi connectivity index (χ2n) is 8.59. The molecule has 2 fully saturated rings. The maximum absolute atomic E-state index is 12.1. The third-order valence-corrected chi connectivity index (χ3v) is 8.76. The molecule has 1 aliphatic carbocycles. The molecule has 4 heterocycles. The third-order valence-electron chi connectivity index (χ3n) is 6.88. The van der Waals surface area contributed by atoms with Gasteiger partial charge in [0.05, 0.1) is 35.7 Å². The van der Waals surface area contributed by atoms with Crippen molar-refractivity contribution in [2.75, 3.05) is 31.9 Å². The van der Waals surface area contributed by atoms with Crippen LogP contribution in [-0.4, -0.2) is 80.3 Å². The van der Waals surface area contributed by atoms with E-state index >= 15 is 0 Å². The highest BCUT2D eigenvalue weighted by atomic mass is 32.2. The fraction of sp³-hybridized carbons (Fsp3) is 0.524. The summed E-state index contributed by atoms with van der Waals surface area (Å²) in [6, 6.07) is 4.62. The Kier molecular flexibility index (Phi) is 5.23. The zero-order valence-corrected chi connectivity index (χ0v) is 18.8. The van der Waals surface area contributed by atoms with E-state index in [-0.39, 0.29) is 11.3 Å². The van der Waals surface area contributed by atoms with Gasteiger partial charge in [-0.25, -0.2) is 18.4 Å². The van der Waals surface area contributed by atoms with Crippen LogP contribution in [0.3, 0.4) is 0 Å². The first kappa shape index (κ1) is 21.1. The summed E-state index contributed by atoms with van der Waals surface area (Å²) in [5.74, 6) is 0.144. The third kappa shape index (κ3) is 3.48. The van der Waals surface area contributed by atoms with Crippen LogP contribution in [0, 0.1) is 11.3 Å². The molecule has 0 aromatic carbocycles. The first-order valence-corrected chi connectivity index (χ1v) is 12.5. The molecule has 0 spiro atoms. The molecule has 168 valence electrons. The molecule has 10 nitrogen and oxygen atoms in total. The second-order valence-corrected chi connectivity index (χ2v) is 10.9. The van der Waals surface area contributed by atoms with Crippen LogP contribution in [0.1, 0.15) is 26.2 Å². The van der Waals surface area contributed by atoms with Gasteiger partial charge in [-0.3, -0.25) is 9.58 Å². The number of nitrogens with one attached hydrogen (secondary N) is 1. The van der Waals surface area contributed by atoms with Gasteiger partial charge in [-0.05, 0) is 25.8 Å². The van der Waals surface area contributed by atoms with Crippen LogP contribution < -0.4 is 0 Å². The van der Waals surface area contributed by atoms with E-state index in [1.54, 1.807) is 17.4 Å². The van der Waals surface area contributed by atoms with E-state index in [0.717, 1.165) is 48.2 Å². The standard InChI is InChI=1S/C21H26N8O2S/c1-2-32(30,31)28-9-7-27(8-10-28)17-11-21(12-17,4-5-22)29-14-16(13-26-29)19-18-3-6-23-20(18)25-15-24-19/h3,6,13-15,17H,2,4,7-12H2,1H3,(H,23,24,25). The summed E-state index contributed by atoms with van der Waals surface area (Å²) >= 11 is 0.